The third-order valence-corrected chi connectivity index (χ3v) is 5.26. The van der Waals surface area contributed by atoms with E-state index in [1.807, 2.05) is 30.3 Å². The summed E-state index contributed by atoms with van der Waals surface area (Å²) in [5.41, 5.74) is 1.64. The van der Waals surface area contributed by atoms with Gasteiger partial charge in [0.05, 0.1) is 35.1 Å². The molecule has 3 aromatic carbocycles. The van der Waals surface area contributed by atoms with E-state index in [1.54, 1.807) is 54.5 Å². The standard InChI is InChI=1S/C24H20ClN3O3/c1-31-17-12-10-16(11-13-17)14-28(24(30)18-6-2-4-8-20(18)25)15-22-26-21-9-5-3-7-19(21)23(29)27-22/h2-13H,14-15H2,1H3,(H,26,27,29). The zero-order valence-electron chi connectivity index (χ0n) is 16.8. The van der Waals surface area contributed by atoms with E-state index in [4.69, 9.17) is 16.3 Å². The number of methoxy groups -OCH3 is 1. The Hall–Kier alpha value is -3.64. The number of aromatic amines is 1. The molecule has 1 N–H and O–H groups in total. The number of hydrogen-bond donors (Lipinski definition) is 1. The molecule has 4 rings (SSSR count). The van der Waals surface area contributed by atoms with Gasteiger partial charge in [-0.15, -0.1) is 0 Å². The van der Waals surface area contributed by atoms with Gasteiger partial charge in [0, 0.05) is 6.54 Å². The minimum atomic E-state index is -0.253. The van der Waals surface area contributed by atoms with Crippen LogP contribution in [0.2, 0.25) is 5.02 Å². The number of H-pyrrole nitrogens is 1. The Bertz CT molecular complexity index is 1290. The van der Waals surface area contributed by atoms with Crippen molar-refractivity contribution in [1.82, 2.24) is 14.9 Å². The van der Waals surface area contributed by atoms with Crippen LogP contribution in [0.15, 0.2) is 77.6 Å². The number of halogens is 1. The number of rotatable bonds is 6. The van der Waals surface area contributed by atoms with E-state index < -0.39 is 0 Å². The van der Waals surface area contributed by atoms with Crippen LogP contribution in [0.25, 0.3) is 10.9 Å². The smallest absolute Gasteiger partial charge is 0.258 e. The summed E-state index contributed by atoms with van der Waals surface area (Å²) in [6.45, 7) is 0.431. The Kier molecular flexibility index (Phi) is 6.00. The SMILES string of the molecule is COc1ccc(CN(Cc2nc3ccccc3c(=O)[nH]2)C(=O)c2ccccc2Cl)cc1. The van der Waals surface area contributed by atoms with Gasteiger partial charge < -0.3 is 14.6 Å². The van der Waals surface area contributed by atoms with E-state index in [9.17, 15) is 9.59 Å². The lowest BCUT2D eigenvalue weighted by atomic mass is 10.1. The van der Waals surface area contributed by atoms with Crippen LogP contribution in [0.4, 0.5) is 0 Å². The molecular formula is C24H20ClN3O3. The lowest BCUT2D eigenvalue weighted by molar-refractivity contribution is 0.0725. The van der Waals surface area contributed by atoms with Crippen LogP contribution in [0.3, 0.4) is 0 Å². The first-order valence-electron chi connectivity index (χ1n) is 9.70. The van der Waals surface area contributed by atoms with Crippen LogP contribution in [0.5, 0.6) is 5.75 Å². The maximum absolute atomic E-state index is 13.3. The molecular weight excluding hydrogens is 414 g/mol. The van der Waals surface area contributed by atoms with Crippen molar-refractivity contribution >= 4 is 28.4 Å². The van der Waals surface area contributed by atoms with Gasteiger partial charge >= 0.3 is 0 Å². The quantitative estimate of drug-likeness (QED) is 0.488. The summed E-state index contributed by atoms with van der Waals surface area (Å²) < 4.78 is 5.21. The van der Waals surface area contributed by atoms with Gasteiger partial charge in [0.1, 0.15) is 11.6 Å². The lowest BCUT2D eigenvalue weighted by Crippen LogP contribution is -2.32. The van der Waals surface area contributed by atoms with Gasteiger partial charge in [0.25, 0.3) is 11.5 Å². The third kappa shape index (κ3) is 4.59. The van der Waals surface area contributed by atoms with Gasteiger partial charge in [-0.1, -0.05) is 48.0 Å². The van der Waals surface area contributed by atoms with Crippen molar-refractivity contribution in [3.63, 3.8) is 0 Å². The van der Waals surface area contributed by atoms with Gasteiger partial charge in [-0.25, -0.2) is 4.98 Å². The summed E-state index contributed by atoms with van der Waals surface area (Å²) in [6, 6.07) is 21.5. The zero-order chi connectivity index (χ0) is 21.8. The zero-order valence-corrected chi connectivity index (χ0v) is 17.6. The summed E-state index contributed by atoms with van der Waals surface area (Å²) in [5.74, 6) is 0.878. The molecule has 1 heterocycles. The van der Waals surface area contributed by atoms with E-state index in [0.29, 0.717) is 33.9 Å². The summed E-state index contributed by atoms with van der Waals surface area (Å²) in [7, 11) is 1.60. The van der Waals surface area contributed by atoms with Crippen LogP contribution < -0.4 is 10.3 Å². The average Bonchev–Trinajstić information content (AvgIpc) is 2.79. The van der Waals surface area contributed by atoms with Gasteiger partial charge in [-0.2, -0.15) is 0 Å². The van der Waals surface area contributed by atoms with Crippen LogP contribution in [0, 0.1) is 0 Å². The highest BCUT2D eigenvalue weighted by Gasteiger charge is 2.20. The van der Waals surface area contributed by atoms with Crippen molar-refractivity contribution in [3.05, 3.63) is 105 Å². The third-order valence-electron chi connectivity index (χ3n) is 4.93. The molecule has 0 saturated heterocycles. The van der Waals surface area contributed by atoms with E-state index in [-0.39, 0.29) is 18.0 Å². The number of hydrogen-bond acceptors (Lipinski definition) is 4. The highest BCUT2D eigenvalue weighted by atomic mass is 35.5. The van der Waals surface area contributed by atoms with Crippen molar-refractivity contribution in [2.75, 3.05) is 7.11 Å². The second-order valence-electron chi connectivity index (χ2n) is 7.02. The summed E-state index contributed by atoms with van der Waals surface area (Å²) in [4.78, 5) is 34.8. The van der Waals surface area contributed by atoms with Crippen molar-refractivity contribution in [1.29, 1.82) is 0 Å². The van der Waals surface area contributed by atoms with Gasteiger partial charge in [-0.05, 0) is 42.0 Å². The Morgan fingerprint density at radius 1 is 1.00 bits per heavy atom. The number of benzene rings is 3. The van der Waals surface area contributed by atoms with Gasteiger partial charge in [-0.3, -0.25) is 9.59 Å². The van der Waals surface area contributed by atoms with Gasteiger partial charge in [0.2, 0.25) is 0 Å². The average molecular weight is 434 g/mol. The lowest BCUT2D eigenvalue weighted by Gasteiger charge is -2.23. The molecule has 0 radical (unpaired) electrons. The fourth-order valence-electron chi connectivity index (χ4n) is 3.35. The topological polar surface area (TPSA) is 75.3 Å². The number of fused-ring (bicyclic) bond motifs is 1. The van der Waals surface area contributed by atoms with Crippen molar-refractivity contribution in [3.8, 4) is 5.75 Å². The molecule has 7 heteroatoms. The predicted molar refractivity (Wildman–Crippen MR) is 120 cm³/mol. The maximum atomic E-state index is 13.3. The second kappa shape index (κ2) is 9.02. The fraction of sp³-hybridized carbons (Fsp3) is 0.125. The number of amides is 1. The maximum Gasteiger partial charge on any atom is 0.258 e. The molecule has 0 unspecified atom stereocenters. The molecule has 0 fully saturated rings. The molecule has 0 aliphatic heterocycles. The summed E-state index contributed by atoms with van der Waals surface area (Å²) >= 11 is 6.27. The Labute approximate surface area is 184 Å². The molecule has 0 atom stereocenters. The van der Waals surface area contributed by atoms with Crippen LogP contribution in [-0.4, -0.2) is 27.9 Å². The number of aromatic nitrogens is 2. The van der Waals surface area contributed by atoms with E-state index in [2.05, 4.69) is 9.97 Å². The number of ether oxygens (including phenoxy) is 1. The van der Waals surface area contributed by atoms with E-state index in [1.165, 1.54) is 0 Å². The van der Waals surface area contributed by atoms with E-state index >= 15 is 0 Å². The molecule has 0 spiro atoms. The Balaban J connectivity index is 1.70. The molecule has 156 valence electrons. The van der Waals surface area contributed by atoms with E-state index in [0.717, 1.165) is 11.3 Å². The van der Waals surface area contributed by atoms with Crippen molar-refractivity contribution in [2.24, 2.45) is 0 Å². The first-order chi connectivity index (χ1) is 15.0. The van der Waals surface area contributed by atoms with Crippen LogP contribution >= 0.6 is 11.6 Å². The number of nitrogens with one attached hydrogen (secondary N) is 1. The number of carbonyl (C=O) groups is 1. The molecule has 31 heavy (non-hydrogen) atoms. The molecule has 4 aromatic rings. The molecule has 0 saturated carbocycles. The van der Waals surface area contributed by atoms with Crippen LogP contribution in [0.1, 0.15) is 21.7 Å². The Morgan fingerprint density at radius 2 is 1.71 bits per heavy atom. The molecule has 1 aromatic heterocycles. The predicted octanol–water partition coefficient (Wildman–Crippen LogP) is 4.43. The normalized spacial score (nSPS) is 10.8. The highest BCUT2D eigenvalue weighted by Crippen LogP contribution is 2.21. The molecule has 0 aliphatic rings. The monoisotopic (exact) mass is 433 g/mol. The first-order valence-corrected chi connectivity index (χ1v) is 10.1. The number of nitrogens with zero attached hydrogens (tertiary/aromatic N) is 2. The summed E-state index contributed by atoms with van der Waals surface area (Å²) in [6.07, 6.45) is 0. The molecule has 6 nitrogen and oxygen atoms in total. The molecule has 0 aliphatic carbocycles. The minimum Gasteiger partial charge on any atom is -0.497 e. The second-order valence-corrected chi connectivity index (χ2v) is 7.43. The van der Waals surface area contributed by atoms with Crippen molar-refractivity contribution in [2.45, 2.75) is 13.1 Å². The highest BCUT2D eigenvalue weighted by molar-refractivity contribution is 6.33. The minimum absolute atomic E-state index is 0.121. The fourth-order valence-corrected chi connectivity index (χ4v) is 3.56. The summed E-state index contributed by atoms with van der Waals surface area (Å²) in [5, 5.41) is 0.873. The first kappa shape index (κ1) is 20.6. The molecule has 1 amide bonds. The van der Waals surface area contributed by atoms with Crippen LogP contribution in [-0.2, 0) is 13.1 Å². The molecule has 0 bridgehead atoms. The Morgan fingerprint density at radius 3 is 2.45 bits per heavy atom. The number of para-hydroxylation sites is 1. The van der Waals surface area contributed by atoms with Gasteiger partial charge in [0.15, 0.2) is 0 Å². The largest absolute Gasteiger partial charge is 0.497 e. The number of carbonyl (C=O) groups excluding carboxylic acids is 1. The van der Waals surface area contributed by atoms with Crippen molar-refractivity contribution < 1.29 is 9.53 Å².